The van der Waals surface area contributed by atoms with Gasteiger partial charge in [-0.3, -0.25) is 0 Å². The van der Waals surface area contributed by atoms with E-state index in [1.54, 1.807) is 0 Å². The summed E-state index contributed by atoms with van der Waals surface area (Å²) in [5.41, 5.74) is 20.3. The van der Waals surface area contributed by atoms with Crippen LogP contribution in [0, 0.1) is 0 Å². The van der Waals surface area contributed by atoms with E-state index in [1.165, 1.54) is 121 Å². The molecule has 0 aromatic heterocycles. The predicted octanol–water partition coefficient (Wildman–Crippen LogP) is 17.5. The molecule has 2 aliphatic carbocycles. The molecule has 0 atom stereocenters. The van der Waals surface area contributed by atoms with Gasteiger partial charge in [-0.25, -0.2) is 0 Å². The fraction of sp³-hybridized carbons (Fsp3) is 0.104. The van der Waals surface area contributed by atoms with Gasteiger partial charge in [0.2, 0.25) is 0 Å². The van der Waals surface area contributed by atoms with E-state index in [9.17, 15) is 0 Å². The lowest BCUT2D eigenvalue weighted by molar-refractivity contribution is 0.660. The van der Waals surface area contributed by atoms with Crippen LogP contribution in [0.15, 0.2) is 231 Å². The van der Waals surface area contributed by atoms with Gasteiger partial charge in [0.25, 0.3) is 0 Å². The highest BCUT2D eigenvalue weighted by Gasteiger charge is 2.42. The summed E-state index contributed by atoms with van der Waals surface area (Å²) in [5.74, 6) is 0. The molecule has 0 heterocycles. The van der Waals surface area contributed by atoms with Crippen LogP contribution in [-0.2, 0) is 16.2 Å². The number of benzene rings is 11. The lowest BCUT2D eigenvalue weighted by Gasteiger charge is -2.37. The number of hydrogen-bond acceptors (Lipinski definition) is 0. The van der Waals surface area contributed by atoms with Gasteiger partial charge in [-0.05, 0) is 127 Å². The van der Waals surface area contributed by atoms with E-state index < -0.39 is 5.41 Å². The monoisotopic (exact) mass is 854 g/mol. The molecule has 0 fully saturated rings. The minimum Gasteiger partial charge on any atom is -0.0622 e. The van der Waals surface area contributed by atoms with Crippen molar-refractivity contribution in [1.82, 2.24) is 0 Å². The second kappa shape index (κ2) is 14.6. The highest BCUT2D eigenvalue weighted by atomic mass is 14.4. The van der Waals surface area contributed by atoms with E-state index in [0.717, 1.165) is 0 Å². The Morgan fingerprint density at radius 2 is 0.657 bits per heavy atom. The zero-order valence-electron chi connectivity index (χ0n) is 38.4. The molecule has 11 aromatic carbocycles. The summed E-state index contributed by atoms with van der Waals surface area (Å²) in [5, 5.41) is 7.74. The van der Waals surface area contributed by atoms with E-state index in [-0.39, 0.29) is 10.8 Å². The Labute approximate surface area is 393 Å². The van der Waals surface area contributed by atoms with Crippen molar-refractivity contribution in [3.05, 3.63) is 275 Å². The van der Waals surface area contributed by atoms with Gasteiger partial charge in [0.05, 0.1) is 5.41 Å². The molecule has 0 radical (unpaired) electrons. The Morgan fingerprint density at radius 3 is 1.15 bits per heavy atom. The average Bonchev–Trinajstić information content (AvgIpc) is 3.76. The fourth-order valence-corrected chi connectivity index (χ4v) is 12.8. The van der Waals surface area contributed by atoms with Crippen molar-refractivity contribution in [1.29, 1.82) is 0 Å². The minimum atomic E-state index is -0.520. The first-order valence-electron chi connectivity index (χ1n) is 23.9. The van der Waals surface area contributed by atoms with Gasteiger partial charge in [-0.2, -0.15) is 0 Å². The lowest BCUT2D eigenvalue weighted by Crippen LogP contribution is -2.30. The Bertz CT molecular complexity index is 3590. The molecule has 13 rings (SSSR count). The number of fused-ring (bicyclic) bond motifs is 11. The lowest BCUT2D eigenvalue weighted by atomic mass is 9.65. The van der Waals surface area contributed by atoms with E-state index in [1.807, 2.05) is 0 Å². The summed E-state index contributed by atoms with van der Waals surface area (Å²) < 4.78 is 0. The molecule has 0 N–H and O–H groups in total. The third kappa shape index (κ3) is 5.48. The number of rotatable bonds is 6. The molecule has 67 heavy (non-hydrogen) atoms. The van der Waals surface area contributed by atoms with Crippen molar-refractivity contribution in [3.8, 4) is 44.5 Å². The molecule has 0 amide bonds. The molecule has 2 aliphatic rings. The number of hydrogen-bond donors (Lipinski definition) is 0. The Kier molecular flexibility index (Phi) is 8.62. The third-order valence-electron chi connectivity index (χ3n) is 15.8. The largest absolute Gasteiger partial charge is 0.0701 e. The molecular weight excluding hydrogens is 805 g/mol. The minimum absolute atomic E-state index is 0.115. The first-order chi connectivity index (χ1) is 32.8. The zero-order valence-corrected chi connectivity index (χ0v) is 38.4. The van der Waals surface area contributed by atoms with E-state index in [0.29, 0.717) is 0 Å². The Morgan fingerprint density at radius 1 is 0.269 bits per heavy atom. The van der Waals surface area contributed by atoms with Gasteiger partial charge in [-0.1, -0.05) is 252 Å². The first-order valence-corrected chi connectivity index (χ1v) is 23.9. The summed E-state index contributed by atoms with van der Waals surface area (Å²) in [6.45, 7) is 9.67. The van der Waals surface area contributed by atoms with Crippen LogP contribution in [-0.4, -0.2) is 0 Å². The summed E-state index contributed by atoms with van der Waals surface area (Å²) in [7, 11) is 0. The van der Waals surface area contributed by atoms with E-state index >= 15 is 0 Å². The van der Waals surface area contributed by atoms with Crippen LogP contribution in [0.2, 0.25) is 0 Å². The van der Waals surface area contributed by atoms with Crippen molar-refractivity contribution >= 4 is 32.3 Å². The highest BCUT2D eigenvalue weighted by Crippen LogP contribution is 2.60. The van der Waals surface area contributed by atoms with Crippen molar-refractivity contribution < 1.29 is 0 Å². The van der Waals surface area contributed by atoms with Gasteiger partial charge in [0.1, 0.15) is 0 Å². The van der Waals surface area contributed by atoms with Crippen LogP contribution in [0.3, 0.4) is 0 Å². The van der Waals surface area contributed by atoms with Crippen LogP contribution in [0.5, 0.6) is 0 Å². The molecule has 0 nitrogen and oxygen atoms in total. The second-order valence-electron chi connectivity index (χ2n) is 19.9. The van der Waals surface area contributed by atoms with Crippen LogP contribution < -0.4 is 0 Å². The third-order valence-corrected chi connectivity index (χ3v) is 15.8. The van der Waals surface area contributed by atoms with Gasteiger partial charge in [-0.15, -0.1) is 0 Å². The van der Waals surface area contributed by atoms with Crippen LogP contribution in [0.4, 0.5) is 0 Å². The summed E-state index contributed by atoms with van der Waals surface area (Å²) >= 11 is 0. The molecule has 0 bridgehead atoms. The van der Waals surface area contributed by atoms with Crippen molar-refractivity contribution in [2.45, 2.75) is 43.9 Å². The van der Waals surface area contributed by atoms with Crippen LogP contribution >= 0.6 is 0 Å². The molecule has 11 aromatic rings. The molecule has 0 spiro atoms. The summed E-state index contributed by atoms with van der Waals surface area (Å²) in [6.07, 6.45) is 0. The van der Waals surface area contributed by atoms with E-state index in [4.69, 9.17) is 0 Å². The van der Waals surface area contributed by atoms with Crippen LogP contribution in [0.1, 0.15) is 72.2 Å². The first kappa shape index (κ1) is 39.6. The summed E-state index contributed by atoms with van der Waals surface area (Å²) in [4.78, 5) is 0. The predicted molar refractivity (Wildman–Crippen MR) is 283 cm³/mol. The molecular formula is C67H50. The van der Waals surface area contributed by atoms with Crippen LogP contribution in [0.25, 0.3) is 76.8 Å². The van der Waals surface area contributed by atoms with E-state index in [2.05, 4.69) is 258 Å². The molecule has 0 aliphatic heterocycles. The fourth-order valence-electron chi connectivity index (χ4n) is 12.8. The van der Waals surface area contributed by atoms with Crippen molar-refractivity contribution in [3.63, 3.8) is 0 Å². The molecule has 0 heteroatoms. The standard InChI is InChI=1S/C67H50/c1-65(2)56-34-20-18-32-53(56)62-58(65)41-40-52-55(42-59-63(64(52)62)54-33-19-21-35-57(54)66(59,3)4)61-50-30-16-14-28-48(50)60(49-29-15-17-31-51(49)61)43-36-38-47(39-37-43)67(44-22-8-5-9-23-44,45-24-10-6-11-25-45)46-26-12-7-13-27-46/h5-42H,1-4H3. The van der Waals surface area contributed by atoms with Gasteiger partial charge in [0, 0.05) is 10.8 Å². The van der Waals surface area contributed by atoms with Crippen molar-refractivity contribution in [2.24, 2.45) is 0 Å². The Balaban J connectivity index is 1.09. The van der Waals surface area contributed by atoms with Gasteiger partial charge < -0.3 is 0 Å². The summed E-state index contributed by atoms with van der Waals surface area (Å²) in [6, 6.07) is 86.7. The maximum atomic E-state index is 2.58. The van der Waals surface area contributed by atoms with Gasteiger partial charge in [0.15, 0.2) is 0 Å². The van der Waals surface area contributed by atoms with Gasteiger partial charge >= 0.3 is 0 Å². The molecule has 0 saturated heterocycles. The Hall–Kier alpha value is -7.80. The topological polar surface area (TPSA) is 0 Å². The quantitative estimate of drug-likeness (QED) is 0.115. The zero-order chi connectivity index (χ0) is 45.1. The highest BCUT2D eigenvalue weighted by molar-refractivity contribution is 6.26. The average molecular weight is 855 g/mol. The molecule has 0 unspecified atom stereocenters. The maximum Gasteiger partial charge on any atom is 0.0701 e. The SMILES string of the molecule is CC1(C)c2ccccc2-c2c1ccc1c(-c3c4ccccc4c(-c4ccc(C(c5ccccc5)(c5ccccc5)c5ccccc5)cc4)c4ccccc34)cc3c(c21)-c1ccccc1C3(C)C. The molecule has 0 saturated carbocycles. The second-order valence-corrected chi connectivity index (χ2v) is 19.9. The maximum absolute atomic E-state index is 2.58. The van der Waals surface area contributed by atoms with Crippen molar-refractivity contribution in [2.75, 3.05) is 0 Å². The smallest absolute Gasteiger partial charge is 0.0622 e. The molecule has 318 valence electrons. The normalized spacial score (nSPS) is 14.2.